The first kappa shape index (κ1) is 17.5. The largest absolute Gasteiger partial charge is 0.496 e. The van der Waals surface area contributed by atoms with Gasteiger partial charge in [0.2, 0.25) is 0 Å². The molecule has 21 heavy (non-hydrogen) atoms. The van der Waals surface area contributed by atoms with Gasteiger partial charge in [-0.3, -0.25) is 4.79 Å². The standard InChI is InChI=1S/C16H25NO4/c1-11-8-15(20-3)12(2)7-13(11)9-14(17-5-6-18)10-16(19)21-4/h7-8,14,17-18H,5-6,9-10H2,1-4H3. The minimum absolute atomic E-state index is 0.0400. The number of carbonyl (C=O) groups excluding carboxylic acids is 1. The highest BCUT2D eigenvalue weighted by Gasteiger charge is 2.16. The lowest BCUT2D eigenvalue weighted by Crippen LogP contribution is -2.35. The molecule has 1 rings (SSSR count). The van der Waals surface area contributed by atoms with Gasteiger partial charge >= 0.3 is 5.97 Å². The van der Waals surface area contributed by atoms with Crippen molar-refractivity contribution in [1.29, 1.82) is 0 Å². The van der Waals surface area contributed by atoms with Gasteiger partial charge in [0.15, 0.2) is 0 Å². The highest BCUT2D eigenvalue weighted by molar-refractivity contribution is 5.70. The van der Waals surface area contributed by atoms with Crippen LogP contribution < -0.4 is 10.1 Å². The molecule has 1 aromatic carbocycles. The van der Waals surface area contributed by atoms with Crippen molar-refractivity contribution >= 4 is 5.97 Å². The van der Waals surface area contributed by atoms with Crippen LogP contribution in [0, 0.1) is 13.8 Å². The van der Waals surface area contributed by atoms with E-state index in [1.807, 2.05) is 19.9 Å². The maximum absolute atomic E-state index is 11.5. The van der Waals surface area contributed by atoms with Gasteiger partial charge < -0.3 is 19.9 Å². The molecule has 0 aromatic heterocycles. The van der Waals surface area contributed by atoms with Crippen molar-refractivity contribution in [2.24, 2.45) is 0 Å². The normalized spacial score (nSPS) is 12.0. The van der Waals surface area contributed by atoms with Crippen molar-refractivity contribution in [1.82, 2.24) is 5.32 Å². The Kier molecular flexibility index (Phi) is 7.19. The summed E-state index contributed by atoms with van der Waals surface area (Å²) >= 11 is 0. The van der Waals surface area contributed by atoms with Crippen LogP contribution in [0.15, 0.2) is 12.1 Å². The number of hydrogen-bond donors (Lipinski definition) is 2. The number of methoxy groups -OCH3 is 2. The zero-order valence-electron chi connectivity index (χ0n) is 13.2. The Hall–Kier alpha value is -1.59. The van der Waals surface area contributed by atoms with Crippen LogP contribution in [0.3, 0.4) is 0 Å². The Morgan fingerprint density at radius 1 is 1.29 bits per heavy atom. The first-order chi connectivity index (χ1) is 10.0. The van der Waals surface area contributed by atoms with Gasteiger partial charge in [-0.15, -0.1) is 0 Å². The molecule has 118 valence electrons. The number of aliphatic hydroxyl groups excluding tert-OH is 1. The smallest absolute Gasteiger partial charge is 0.307 e. The Morgan fingerprint density at radius 3 is 2.57 bits per heavy atom. The molecule has 1 atom stereocenters. The summed E-state index contributed by atoms with van der Waals surface area (Å²) in [4.78, 5) is 11.5. The molecule has 0 saturated heterocycles. The third-order valence-corrected chi connectivity index (χ3v) is 3.51. The van der Waals surface area contributed by atoms with E-state index < -0.39 is 0 Å². The third kappa shape index (κ3) is 5.36. The molecular weight excluding hydrogens is 270 g/mol. The summed E-state index contributed by atoms with van der Waals surface area (Å²) in [6, 6.07) is 4.03. The van der Waals surface area contributed by atoms with Crippen molar-refractivity contribution in [3.05, 3.63) is 28.8 Å². The summed E-state index contributed by atoms with van der Waals surface area (Å²) < 4.78 is 10.0. The van der Waals surface area contributed by atoms with E-state index in [9.17, 15) is 4.79 Å². The van der Waals surface area contributed by atoms with Crippen LogP contribution in [-0.4, -0.2) is 44.5 Å². The fourth-order valence-electron chi connectivity index (χ4n) is 2.32. The Bertz CT molecular complexity index is 474. The maximum atomic E-state index is 11.5. The third-order valence-electron chi connectivity index (χ3n) is 3.51. The predicted molar refractivity (Wildman–Crippen MR) is 81.7 cm³/mol. The molecule has 0 fully saturated rings. The van der Waals surface area contributed by atoms with E-state index in [0.29, 0.717) is 13.0 Å². The monoisotopic (exact) mass is 295 g/mol. The summed E-state index contributed by atoms with van der Waals surface area (Å²) in [7, 11) is 3.04. The zero-order valence-corrected chi connectivity index (χ0v) is 13.2. The van der Waals surface area contributed by atoms with Gasteiger partial charge in [-0.1, -0.05) is 6.07 Å². The van der Waals surface area contributed by atoms with E-state index in [0.717, 1.165) is 22.4 Å². The van der Waals surface area contributed by atoms with Gasteiger partial charge in [0.1, 0.15) is 5.75 Å². The number of esters is 1. The van der Waals surface area contributed by atoms with Crippen LogP contribution in [0.25, 0.3) is 0 Å². The van der Waals surface area contributed by atoms with E-state index in [-0.39, 0.29) is 25.0 Å². The topological polar surface area (TPSA) is 67.8 Å². The van der Waals surface area contributed by atoms with Crippen molar-refractivity contribution in [2.75, 3.05) is 27.4 Å². The minimum Gasteiger partial charge on any atom is -0.496 e. The molecule has 1 aromatic rings. The number of hydrogen-bond acceptors (Lipinski definition) is 5. The van der Waals surface area contributed by atoms with Crippen LogP contribution in [0.1, 0.15) is 23.1 Å². The Balaban J connectivity index is 2.86. The summed E-state index contributed by atoms with van der Waals surface area (Å²) in [6.45, 7) is 4.52. The average Bonchev–Trinajstić information content (AvgIpc) is 2.47. The van der Waals surface area contributed by atoms with Crippen molar-refractivity contribution < 1.29 is 19.4 Å². The summed E-state index contributed by atoms with van der Waals surface area (Å²) in [5, 5.41) is 12.1. The van der Waals surface area contributed by atoms with E-state index in [1.54, 1.807) is 7.11 Å². The summed E-state index contributed by atoms with van der Waals surface area (Å²) in [5.74, 6) is 0.609. The fraction of sp³-hybridized carbons (Fsp3) is 0.562. The van der Waals surface area contributed by atoms with Gasteiger partial charge in [0.25, 0.3) is 0 Å². The van der Waals surface area contributed by atoms with E-state index in [4.69, 9.17) is 14.6 Å². The van der Waals surface area contributed by atoms with Crippen molar-refractivity contribution in [2.45, 2.75) is 32.7 Å². The van der Waals surface area contributed by atoms with Gasteiger partial charge in [0, 0.05) is 12.6 Å². The van der Waals surface area contributed by atoms with E-state index >= 15 is 0 Å². The quantitative estimate of drug-likeness (QED) is 0.709. The van der Waals surface area contributed by atoms with Crippen LogP contribution in [0.5, 0.6) is 5.75 Å². The molecule has 0 bridgehead atoms. The van der Waals surface area contributed by atoms with Gasteiger partial charge in [-0.05, 0) is 43.0 Å². The molecule has 5 nitrogen and oxygen atoms in total. The number of benzene rings is 1. The molecule has 0 radical (unpaired) electrons. The molecule has 5 heteroatoms. The first-order valence-electron chi connectivity index (χ1n) is 7.07. The highest BCUT2D eigenvalue weighted by Crippen LogP contribution is 2.23. The molecule has 0 heterocycles. The van der Waals surface area contributed by atoms with Crippen molar-refractivity contribution in [3.63, 3.8) is 0 Å². The van der Waals surface area contributed by atoms with E-state index in [1.165, 1.54) is 7.11 Å². The zero-order chi connectivity index (χ0) is 15.8. The SMILES string of the molecule is COC(=O)CC(Cc1cc(C)c(OC)cc1C)NCCO. The number of nitrogens with one attached hydrogen (secondary N) is 1. The first-order valence-corrected chi connectivity index (χ1v) is 7.07. The lowest BCUT2D eigenvalue weighted by molar-refractivity contribution is -0.141. The van der Waals surface area contributed by atoms with Gasteiger partial charge in [-0.25, -0.2) is 0 Å². The maximum Gasteiger partial charge on any atom is 0.307 e. The molecule has 1 unspecified atom stereocenters. The number of rotatable bonds is 8. The molecule has 2 N–H and O–H groups in total. The second kappa shape index (κ2) is 8.64. The van der Waals surface area contributed by atoms with Crippen LogP contribution in [-0.2, 0) is 16.0 Å². The van der Waals surface area contributed by atoms with Gasteiger partial charge in [0.05, 0.1) is 27.2 Å². The lowest BCUT2D eigenvalue weighted by atomic mass is 9.96. The molecule has 0 aliphatic heterocycles. The minimum atomic E-state index is -0.256. The van der Waals surface area contributed by atoms with Crippen LogP contribution in [0.2, 0.25) is 0 Å². The molecule has 0 aliphatic rings. The molecule has 0 amide bonds. The second-order valence-electron chi connectivity index (χ2n) is 5.11. The average molecular weight is 295 g/mol. The Labute approximate surface area is 126 Å². The highest BCUT2D eigenvalue weighted by atomic mass is 16.5. The van der Waals surface area contributed by atoms with Crippen LogP contribution in [0.4, 0.5) is 0 Å². The number of aliphatic hydroxyl groups is 1. The van der Waals surface area contributed by atoms with Crippen LogP contribution >= 0.6 is 0 Å². The molecule has 0 aliphatic carbocycles. The second-order valence-corrected chi connectivity index (χ2v) is 5.11. The number of carbonyl (C=O) groups is 1. The predicted octanol–water partition coefficient (Wildman–Crippen LogP) is 1.37. The fourth-order valence-corrected chi connectivity index (χ4v) is 2.32. The number of ether oxygens (including phenoxy) is 2. The molecular formula is C16H25NO4. The summed E-state index contributed by atoms with van der Waals surface area (Å²) in [5.41, 5.74) is 3.35. The summed E-state index contributed by atoms with van der Waals surface area (Å²) in [6.07, 6.45) is 0.979. The lowest BCUT2D eigenvalue weighted by Gasteiger charge is -2.19. The van der Waals surface area contributed by atoms with E-state index in [2.05, 4.69) is 11.4 Å². The molecule has 0 spiro atoms. The molecule has 0 saturated carbocycles. The Morgan fingerprint density at radius 2 is 2.00 bits per heavy atom. The van der Waals surface area contributed by atoms with Gasteiger partial charge in [-0.2, -0.15) is 0 Å². The van der Waals surface area contributed by atoms with Crippen molar-refractivity contribution in [3.8, 4) is 5.75 Å². The number of aryl methyl sites for hydroxylation is 2.